The summed E-state index contributed by atoms with van der Waals surface area (Å²) in [5.41, 5.74) is 8.47. The van der Waals surface area contributed by atoms with E-state index in [1.54, 1.807) is 19.4 Å². The Morgan fingerprint density at radius 3 is 2.81 bits per heavy atom. The highest BCUT2D eigenvalue weighted by Crippen LogP contribution is 2.18. The van der Waals surface area contributed by atoms with Crippen molar-refractivity contribution in [2.75, 3.05) is 37.9 Å². The Bertz CT molecular complexity index is 627. The predicted molar refractivity (Wildman–Crippen MR) is 86.2 cm³/mol. The van der Waals surface area contributed by atoms with Gasteiger partial charge in [0.15, 0.2) is 0 Å². The fourth-order valence-electron chi connectivity index (χ4n) is 2.01. The van der Waals surface area contributed by atoms with Crippen molar-refractivity contribution in [3.8, 4) is 0 Å². The molecule has 3 N–H and O–H groups in total. The van der Waals surface area contributed by atoms with Gasteiger partial charge in [-0.15, -0.1) is 0 Å². The topological polar surface area (TPSA) is 75.2 Å². The number of nitrogens with two attached hydrogens (primary N) is 1. The van der Waals surface area contributed by atoms with Crippen LogP contribution < -0.4 is 10.6 Å². The normalized spacial score (nSPS) is 10.4. The highest BCUT2D eigenvalue weighted by molar-refractivity contribution is 6.14. The fraction of sp³-hybridized carbons (Fsp3) is 0.250. The molecule has 5 nitrogen and oxygen atoms in total. The standard InChI is InChI=1S/C16H20N4O/c1-20(9-10-21-2)15-11-12(7-8-19-15)16(18)13-5-3-4-6-14(13)17/h3-8,11,18H,9-10,17H2,1-2H3. The first kappa shape index (κ1) is 15.0. The zero-order valence-electron chi connectivity index (χ0n) is 12.3. The van der Waals surface area contributed by atoms with Crippen LogP contribution in [-0.4, -0.2) is 38.0 Å². The van der Waals surface area contributed by atoms with E-state index < -0.39 is 0 Å². The summed E-state index contributed by atoms with van der Waals surface area (Å²) in [6, 6.07) is 11.1. The van der Waals surface area contributed by atoms with Gasteiger partial charge in [0.1, 0.15) is 5.82 Å². The van der Waals surface area contributed by atoms with Crippen molar-refractivity contribution in [1.29, 1.82) is 5.41 Å². The molecule has 0 fully saturated rings. The first-order chi connectivity index (χ1) is 10.1. The van der Waals surface area contributed by atoms with Crippen molar-refractivity contribution in [1.82, 2.24) is 4.98 Å². The van der Waals surface area contributed by atoms with Crippen molar-refractivity contribution in [2.45, 2.75) is 0 Å². The SMILES string of the molecule is COCCN(C)c1cc(C(=N)c2ccccc2N)ccn1. The number of nitrogens with zero attached hydrogens (tertiary/aromatic N) is 2. The van der Waals surface area contributed by atoms with E-state index in [0.717, 1.165) is 23.5 Å². The van der Waals surface area contributed by atoms with Gasteiger partial charge < -0.3 is 15.4 Å². The van der Waals surface area contributed by atoms with Gasteiger partial charge in [-0.2, -0.15) is 0 Å². The van der Waals surface area contributed by atoms with E-state index >= 15 is 0 Å². The Hall–Kier alpha value is -2.40. The monoisotopic (exact) mass is 284 g/mol. The van der Waals surface area contributed by atoms with Crippen LogP contribution in [0.15, 0.2) is 42.6 Å². The van der Waals surface area contributed by atoms with Gasteiger partial charge in [0.25, 0.3) is 0 Å². The van der Waals surface area contributed by atoms with E-state index in [1.807, 2.05) is 42.3 Å². The second kappa shape index (κ2) is 6.85. The summed E-state index contributed by atoms with van der Waals surface area (Å²) in [5, 5.41) is 8.34. The molecule has 2 rings (SSSR count). The first-order valence-electron chi connectivity index (χ1n) is 6.73. The van der Waals surface area contributed by atoms with Crippen LogP contribution in [0.3, 0.4) is 0 Å². The molecule has 0 aliphatic rings. The number of anilines is 2. The van der Waals surface area contributed by atoms with Crippen molar-refractivity contribution >= 4 is 17.2 Å². The minimum absolute atomic E-state index is 0.400. The second-order valence-electron chi connectivity index (χ2n) is 4.78. The zero-order chi connectivity index (χ0) is 15.2. The van der Waals surface area contributed by atoms with Crippen LogP contribution in [0.4, 0.5) is 11.5 Å². The average molecular weight is 284 g/mol. The zero-order valence-corrected chi connectivity index (χ0v) is 12.3. The van der Waals surface area contributed by atoms with E-state index in [9.17, 15) is 0 Å². The predicted octanol–water partition coefficient (Wildman–Crippen LogP) is 2.16. The van der Waals surface area contributed by atoms with Gasteiger partial charge >= 0.3 is 0 Å². The summed E-state index contributed by atoms with van der Waals surface area (Å²) in [7, 11) is 3.62. The van der Waals surface area contributed by atoms with Crippen molar-refractivity contribution in [2.24, 2.45) is 0 Å². The number of benzene rings is 1. The largest absolute Gasteiger partial charge is 0.398 e. The van der Waals surface area contributed by atoms with Crippen LogP contribution in [-0.2, 0) is 4.74 Å². The highest BCUT2D eigenvalue weighted by atomic mass is 16.5. The van der Waals surface area contributed by atoms with E-state index in [1.165, 1.54) is 0 Å². The molecule has 0 aliphatic carbocycles. The smallest absolute Gasteiger partial charge is 0.128 e. The van der Waals surface area contributed by atoms with E-state index in [-0.39, 0.29) is 0 Å². The maximum Gasteiger partial charge on any atom is 0.128 e. The van der Waals surface area contributed by atoms with Crippen LogP contribution in [0.5, 0.6) is 0 Å². The number of pyridine rings is 1. The number of methoxy groups -OCH3 is 1. The number of rotatable bonds is 6. The molecular weight excluding hydrogens is 264 g/mol. The molecular formula is C16H20N4O. The lowest BCUT2D eigenvalue weighted by atomic mass is 10.0. The molecule has 0 radical (unpaired) electrons. The molecule has 110 valence electrons. The summed E-state index contributed by atoms with van der Waals surface area (Å²) >= 11 is 0. The van der Waals surface area contributed by atoms with Crippen molar-refractivity contribution in [3.05, 3.63) is 53.7 Å². The molecule has 0 saturated heterocycles. The van der Waals surface area contributed by atoms with Crippen molar-refractivity contribution in [3.63, 3.8) is 0 Å². The summed E-state index contributed by atoms with van der Waals surface area (Å²) < 4.78 is 5.07. The highest BCUT2D eigenvalue weighted by Gasteiger charge is 2.10. The molecule has 0 unspecified atom stereocenters. The summed E-state index contributed by atoms with van der Waals surface area (Å²) in [4.78, 5) is 6.33. The van der Waals surface area contributed by atoms with Gasteiger partial charge in [-0.05, 0) is 18.2 Å². The van der Waals surface area contributed by atoms with Gasteiger partial charge in [0, 0.05) is 43.7 Å². The lowest BCUT2D eigenvalue weighted by molar-refractivity contribution is 0.206. The summed E-state index contributed by atoms with van der Waals surface area (Å²) in [5.74, 6) is 0.809. The van der Waals surface area contributed by atoms with Gasteiger partial charge in [-0.3, -0.25) is 5.41 Å². The molecule has 1 heterocycles. The molecule has 5 heteroatoms. The molecule has 2 aromatic rings. The molecule has 1 aromatic heterocycles. The molecule has 1 aromatic carbocycles. The lowest BCUT2D eigenvalue weighted by Gasteiger charge is -2.18. The number of nitrogen functional groups attached to an aromatic ring is 1. The van der Waals surface area contributed by atoms with Crippen LogP contribution in [0.2, 0.25) is 0 Å². The van der Waals surface area contributed by atoms with Crippen LogP contribution >= 0.6 is 0 Å². The van der Waals surface area contributed by atoms with Gasteiger partial charge in [0.05, 0.1) is 12.3 Å². The number of ether oxygens (including phenoxy) is 1. The van der Waals surface area contributed by atoms with E-state index in [4.69, 9.17) is 15.9 Å². The number of aromatic nitrogens is 1. The molecule has 21 heavy (non-hydrogen) atoms. The molecule has 0 spiro atoms. The third-order valence-electron chi connectivity index (χ3n) is 3.29. The molecule has 0 bridgehead atoms. The van der Waals surface area contributed by atoms with Gasteiger partial charge in [0.2, 0.25) is 0 Å². The Morgan fingerprint density at radius 1 is 1.33 bits per heavy atom. The molecule has 0 amide bonds. The molecule has 0 atom stereocenters. The number of nitrogens with one attached hydrogen (secondary N) is 1. The quantitative estimate of drug-likeness (QED) is 0.629. The maximum absolute atomic E-state index is 8.34. The third kappa shape index (κ3) is 3.58. The lowest BCUT2D eigenvalue weighted by Crippen LogP contribution is -2.23. The Balaban J connectivity index is 2.25. The number of hydrogen-bond donors (Lipinski definition) is 2. The first-order valence-corrected chi connectivity index (χ1v) is 6.73. The minimum Gasteiger partial charge on any atom is -0.398 e. The third-order valence-corrected chi connectivity index (χ3v) is 3.29. The van der Waals surface area contributed by atoms with Crippen molar-refractivity contribution < 1.29 is 4.74 Å². The summed E-state index contributed by atoms with van der Waals surface area (Å²) in [6.07, 6.45) is 1.71. The minimum atomic E-state index is 0.400. The number of para-hydroxylation sites is 1. The van der Waals surface area contributed by atoms with Crippen LogP contribution in [0, 0.1) is 5.41 Å². The number of hydrogen-bond acceptors (Lipinski definition) is 5. The maximum atomic E-state index is 8.34. The molecule has 0 aliphatic heterocycles. The Kier molecular flexibility index (Phi) is 4.90. The van der Waals surface area contributed by atoms with Gasteiger partial charge in [-0.25, -0.2) is 4.98 Å². The van der Waals surface area contributed by atoms with E-state index in [0.29, 0.717) is 18.0 Å². The molecule has 0 saturated carbocycles. The van der Waals surface area contributed by atoms with E-state index in [2.05, 4.69) is 4.98 Å². The summed E-state index contributed by atoms with van der Waals surface area (Å²) in [6.45, 7) is 1.37. The van der Waals surface area contributed by atoms with Crippen LogP contribution in [0.1, 0.15) is 11.1 Å². The van der Waals surface area contributed by atoms with Crippen LogP contribution in [0.25, 0.3) is 0 Å². The average Bonchev–Trinajstić information content (AvgIpc) is 2.52. The fourth-order valence-corrected chi connectivity index (χ4v) is 2.01. The van der Waals surface area contributed by atoms with Gasteiger partial charge in [-0.1, -0.05) is 18.2 Å². The Morgan fingerprint density at radius 2 is 2.10 bits per heavy atom. The Labute approximate surface area is 124 Å². The number of likely N-dealkylation sites (N-methyl/N-ethyl adjacent to an activating group) is 1. The second-order valence-corrected chi connectivity index (χ2v) is 4.78.